The lowest BCUT2D eigenvalue weighted by molar-refractivity contribution is -0.137. The Labute approximate surface area is 205 Å². The van der Waals surface area contributed by atoms with Crippen LogP contribution in [0.1, 0.15) is 65.0 Å². The van der Waals surface area contributed by atoms with Crippen molar-refractivity contribution >= 4 is 22.6 Å². The highest BCUT2D eigenvalue weighted by Crippen LogP contribution is 2.39. The number of hydrogen-bond donors (Lipinski definition) is 1. The van der Waals surface area contributed by atoms with Gasteiger partial charge in [0.2, 0.25) is 0 Å². The van der Waals surface area contributed by atoms with Crippen LogP contribution in [0.2, 0.25) is 0 Å². The summed E-state index contributed by atoms with van der Waals surface area (Å²) in [7, 11) is 0. The molecule has 0 radical (unpaired) electrons. The molecule has 3 heterocycles. The molecule has 0 saturated heterocycles. The van der Waals surface area contributed by atoms with E-state index in [9.17, 15) is 23.2 Å². The largest absolute Gasteiger partial charge is 0.417 e. The van der Waals surface area contributed by atoms with Gasteiger partial charge in [-0.3, -0.25) is 9.78 Å². The van der Waals surface area contributed by atoms with Crippen molar-refractivity contribution in [1.29, 1.82) is 5.26 Å². The van der Waals surface area contributed by atoms with E-state index in [1.54, 1.807) is 23.1 Å². The molecule has 1 aliphatic heterocycles. The first kappa shape index (κ1) is 24.0. The molecular formula is C26H24F3N5O2. The number of alkyl halides is 3. The lowest BCUT2D eigenvalue weighted by Crippen LogP contribution is -2.41. The molecule has 0 bridgehead atoms. The van der Waals surface area contributed by atoms with Gasteiger partial charge in [0.1, 0.15) is 5.82 Å². The van der Waals surface area contributed by atoms with Crippen LogP contribution in [0.3, 0.4) is 0 Å². The van der Waals surface area contributed by atoms with Crippen LogP contribution in [0.25, 0.3) is 10.9 Å². The minimum Gasteiger partial charge on any atom is -0.383 e. The van der Waals surface area contributed by atoms with Crippen molar-refractivity contribution in [3.8, 4) is 6.07 Å². The molecule has 3 atom stereocenters. The number of amides is 1. The molecule has 3 aromatic rings. The van der Waals surface area contributed by atoms with Gasteiger partial charge in [0.25, 0.3) is 5.91 Å². The van der Waals surface area contributed by atoms with E-state index in [1.165, 1.54) is 6.07 Å². The van der Waals surface area contributed by atoms with Gasteiger partial charge >= 0.3 is 6.18 Å². The monoisotopic (exact) mass is 495 g/mol. The second kappa shape index (κ2) is 9.06. The van der Waals surface area contributed by atoms with Gasteiger partial charge < -0.3 is 15.4 Å². The summed E-state index contributed by atoms with van der Waals surface area (Å²) in [6.45, 7) is 2.25. The summed E-state index contributed by atoms with van der Waals surface area (Å²) in [5.74, 6) is -0.272. The minimum atomic E-state index is -4.50. The lowest BCUT2D eigenvalue weighted by atomic mass is 9.98. The number of nitrogens with zero attached hydrogens (tertiary/aromatic N) is 4. The molecule has 2 N–H and O–H groups in total. The van der Waals surface area contributed by atoms with Crippen LogP contribution >= 0.6 is 0 Å². The summed E-state index contributed by atoms with van der Waals surface area (Å²) in [6.07, 6.45) is -1.84. The Bertz CT molecular complexity index is 1370. The summed E-state index contributed by atoms with van der Waals surface area (Å²) >= 11 is 0. The number of pyridine rings is 2. The molecule has 1 aliphatic carbocycles. The van der Waals surface area contributed by atoms with Crippen molar-refractivity contribution in [2.24, 2.45) is 5.92 Å². The second-order valence-corrected chi connectivity index (χ2v) is 9.28. The zero-order valence-electron chi connectivity index (χ0n) is 19.5. The van der Waals surface area contributed by atoms with Crippen molar-refractivity contribution in [3.05, 3.63) is 64.5 Å². The maximum Gasteiger partial charge on any atom is 0.417 e. The van der Waals surface area contributed by atoms with Crippen LogP contribution in [-0.4, -0.2) is 26.8 Å². The summed E-state index contributed by atoms with van der Waals surface area (Å²) in [6, 6.07) is 9.30. The highest BCUT2D eigenvalue weighted by atomic mass is 19.4. The van der Waals surface area contributed by atoms with Crippen LogP contribution in [0, 0.1) is 17.2 Å². The fourth-order valence-corrected chi connectivity index (χ4v) is 5.23. The van der Waals surface area contributed by atoms with E-state index < -0.39 is 11.7 Å². The summed E-state index contributed by atoms with van der Waals surface area (Å²) in [4.78, 5) is 23.8. The fraction of sp³-hybridized carbons (Fsp3) is 0.385. The van der Waals surface area contributed by atoms with E-state index in [0.29, 0.717) is 42.0 Å². The Kier molecular flexibility index (Phi) is 6.04. The van der Waals surface area contributed by atoms with Crippen molar-refractivity contribution in [2.75, 3.05) is 5.73 Å². The van der Waals surface area contributed by atoms with E-state index >= 15 is 0 Å². The average molecular weight is 496 g/mol. The third kappa shape index (κ3) is 4.24. The lowest BCUT2D eigenvalue weighted by Gasteiger charge is -2.31. The third-order valence-electron chi connectivity index (χ3n) is 7.09. The van der Waals surface area contributed by atoms with E-state index in [-0.39, 0.29) is 30.5 Å². The van der Waals surface area contributed by atoms with Crippen LogP contribution in [0.5, 0.6) is 0 Å². The summed E-state index contributed by atoms with van der Waals surface area (Å²) in [5, 5.41) is 10.4. The SMILES string of the molecule is C[C@H]1OCc2c1c(N)nc1ccc(C(=O)N(Cc3ccc(C(F)(F)F)cn3)[C@H]3CCC[C@H]3C#N)cc21. The number of nitrogens with two attached hydrogens (primary N) is 1. The predicted molar refractivity (Wildman–Crippen MR) is 125 cm³/mol. The number of aromatic nitrogens is 2. The van der Waals surface area contributed by atoms with Gasteiger partial charge in [-0.1, -0.05) is 0 Å². The topological polar surface area (TPSA) is 105 Å². The summed E-state index contributed by atoms with van der Waals surface area (Å²) in [5.41, 5.74) is 8.35. The fourth-order valence-electron chi connectivity index (χ4n) is 5.23. The van der Waals surface area contributed by atoms with E-state index in [0.717, 1.165) is 35.2 Å². The van der Waals surface area contributed by atoms with Crippen molar-refractivity contribution in [1.82, 2.24) is 14.9 Å². The van der Waals surface area contributed by atoms with E-state index in [1.807, 2.05) is 6.92 Å². The van der Waals surface area contributed by atoms with Crippen LogP contribution in [-0.2, 0) is 24.1 Å². The zero-order valence-corrected chi connectivity index (χ0v) is 19.5. The van der Waals surface area contributed by atoms with Gasteiger partial charge in [-0.2, -0.15) is 18.4 Å². The molecular weight excluding hydrogens is 471 g/mol. The number of fused-ring (bicyclic) bond motifs is 3. The highest BCUT2D eigenvalue weighted by Gasteiger charge is 2.36. The number of rotatable bonds is 4. The van der Waals surface area contributed by atoms with Gasteiger partial charge in [-0.05, 0) is 62.1 Å². The molecule has 10 heteroatoms. The molecule has 1 aromatic carbocycles. The Morgan fingerprint density at radius 1 is 1.28 bits per heavy atom. The van der Waals surface area contributed by atoms with Gasteiger partial charge in [0.15, 0.2) is 0 Å². The van der Waals surface area contributed by atoms with Gasteiger partial charge in [-0.15, -0.1) is 0 Å². The van der Waals surface area contributed by atoms with Crippen molar-refractivity contribution < 1.29 is 22.7 Å². The van der Waals surface area contributed by atoms with Crippen LogP contribution in [0.15, 0.2) is 36.5 Å². The van der Waals surface area contributed by atoms with E-state index in [2.05, 4.69) is 16.0 Å². The quantitative estimate of drug-likeness (QED) is 0.536. The van der Waals surface area contributed by atoms with Crippen LogP contribution in [0.4, 0.5) is 19.0 Å². The number of hydrogen-bond acceptors (Lipinski definition) is 6. The molecule has 1 saturated carbocycles. The normalized spacial score (nSPS) is 21.4. The number of benzene rings is 1. The molecule has 1 amide bonds. The Morgan fingerprint density at radius 2 is 2.08 bits per heavy atom. The maximum absolute atomic E-state index is 13.8. The third-order valence-corrected chi connectivity index (χ3v) is 7.09. The zero-order chi connectivity index (χ0) is 25.6. The smallest absolute Gasteiger partial charge is 0.383 e. The molecule has 2 aliphatic rings. The molecule has 0 unspecified atom stereocenters. The second-order valence-electron chi connectivity index (χ2n) is 9.28. The first-order valence-corrected chi connectivity index (χ1v) is 11.7. The first-order valence-electron chi connectivity index (χ1n) is 11.7. The number of halogens is 3. The molecule has 1 fully saturated rings. The molecule has 0 spiro atoms. The molecule has 5 rings (SSSR count). The predicted octanol–water partition coefficient (Wildman–Crippen LogP) is 5.16. The van der Waals surface area contributed by atoms with Gasteiger partial charge in [0, 0.05) is 28.8 Å². The maximum atomic E-state index is 13.8. The number of anilines is 1. The molecule has 36 heavy (non-hydrogen) atoms. The molecule has 7 nitrogen and oxygen atoms in total. The molecule has 186 valence electrons. The Hall–Kier alpha value is -3.71. The number of carbonyl (C=O) groups is 1. The minimum absolute atomic E-state index is 0.00387. The number of ether oxygens (including phenoxy) is 1. The summed E-state index contributed by atoms with van der Waals surface area (Å²) < 4.78 is 44.7. The van der Waals surface area contributed by atoms with Crippen molar-refractivity contribution in [3.63, 3.8) is 0 Å². The number of carbonyl (C=O) groups excluding carboxylic acids is 1. The van der Waals surface area contributed by atoms with Crippen LogP contribution < -0.4 is 5.73 Å². The number of nitriles is 1. The standard InChI is InChI=1S/C26H24F3N5O2/c1-14-23-20(13-36-14)19-9-15(5-8-21(19)33-24(23)31)25(35)34(22-4-2-3-16(22)10-30)12-18-7-6-17(11-32-18)26(27,28)29/h5-9,11,14,16,22H,2-4,12-13H2,1H3,(H2,31,33)/t14-,16+,22+/m1/s1. The van der Waals surface area contributed by atoms with Gasteiger partial charge in [0.05, 0.1) is 48.0 Å². The average Bonchev–Trinajstić information content (AvgIpc) is 3.49. The van der Waals surface area contributed by atoms with E-state index in [4.69, 9.17) is 10.5 Å². The van der Waals surface area contributed by atoms with Crippen molar-refractivity contribution in [2.45, 2.75) is 57.7 Å². The highest BCUT2D eigenvalue weighted by molar-refractivity contribution is 5.99. The number of nitrogen functional groups attached to an aromatic ring is 1. The first-order chi connectivity index (χ1) is 17.2. The Balaban J connectivity index is 1.52. The Morgan fingerprint density at radius 3 is 2.78 bits per heavy atom. The molecule has 2 aromatic heterocycles. The van der Waals surface area contributed by atoms with Gasteiger partial charge in [-0.25, -0.2) is 4.98 Å².